The molecule has 0 aromatic heterocycles. The van der Waals surface area contributed by atoms with Gasteiger partial charge in [0.25, 0.3) is 0 Å². The molecule has 1 aliphatic rings. The molecule has 0 unspecified atom stereocenters. The minimum atomic E-state index is -0.00708. The highest BCUT2D eigenvalue weighted by Crippen LogP contribution is 2.02. The molecule has 72 valence electrons. The van der Waals surface area contributed by atoms with Crippen LogP contribution in [0.15, 0.2) is 0 Å². The number of carbonyl (C=O) groups is 1. The summed E-state index contributed by atoms with van der Waals surface area (Å²) in [6.45, 7) is 5.32. The van der Waals surface area contributed by atoms with Crippen molar-refractivity contribution >= 4 is 6.03 Å². The first-order chi connectivity index (χ1) is 5.59. The molecule has 4 heteroatoms. The van der Waals surface area contributed by atoms with Gasteiger partial charge < -0.3 is 15.0 Å². The summed E-state index contributed by atoms with van der Waals surface area (Å²) in [5, 5.41) is 2.82. The van der Waals surface area contributed by atoms with Gasteiger partial charge in [0.1, 0.15) is 0 Å². The van der Waals surface area contributed by atoms with Gasteiger partial charge >= 0.3 is 6.03 Å². The zero-order chi connectivity index (χ0) is 9.14. The number of amides is 2. The molecule has 0 aliphatic carbocycles. The van der Waals surface area contributed by atoms with Gasteiger partial charge in [0.15, 0.2) is 0 Å². The molecule has 2 amide bonds. The Bertz CT molecular complexity index is 176. The molecule has 12 heavy (non-hydrogen) atoms. The normalized spacial score (nSPS) is 23.5. The predicted octanol–water partition coefficient (Wildman–Crippen LogP) is 0.681. The van der Waals surface area contributed by atoms with Gasteiger partial charge in [-0.25, -0.2) is 4.79 Å². The maximum atomic E-state index is 11.0. The number of hydrogen-bond donors (Lipinski definition) is 1. The van der Waals surface area contributed by atoms with Crippen LogP contribution >= 0.6 is 0 Å². The van der Waals surface area contributed by atoms with Crippen LogP contribution in [0.2, 0.25) is 0 Å². The summed E-state index contributed by atoms with van der Waals surface area (Å²) >= 11 is 0. The number of nitrogens with zero attached hydrogens (tertiary/aromatic N) is 1. The number of urea groups is 1. The van der Waals surface area contributed by atoms with Crippen LogP contribution in [0, 0.1) is 0 Å². The molecule has 4 nitrogen and oxygen atoms in total. The Balaban J connectivity index is 0.00000144. The molecule has 0 saturated carbocycles. The molecule has 0 aromatic rings. The first-order valence-electron chi connectivity index (χ1n) is 4.23. The van der Waals surface area contributed by atoms with Crippen molar-refractivity contribution in [2.75, 3.05) is 20.2 Å². The van der Waals surface area contributed by atoms with Gasteiger partial charge in [0, 0.05) is 15.0 Å². The molecule has 0 spiro atoms. The van der Waals surface area contributed by atoms with Gasteiger partial charge in [-0.3, -0.25) is 0 Å². The zero-order valence-electron chi connectivity index (χ0n) is 7.83. The van der Waals surface area contributed by atoms with Crippen LogP contribution in [-0.4, -0.2) is 43.3 Å². The molecule has 1 rings (SSSR count). The summed E-state index contributed by atoms with van der Waals surface area (Å²) in [5.41, 5.74) is 0. The van der Waals surface area contributed by atoms with Gasteiger partial charge in [-0.2, -0.15) is 0 Å². The summed E-state index contributed by atoms with van der Waals surface area (Å²) in [5.74, 6) is 0. The van der Waals surface area contributed by atoms with E-state index >= 15 is 0 Å². The third-order valence-corrected chi connectivity index (χ3v) is 1.80. The average Bonchev–Trinajstić information content (AvgIpc) is 2.28. The number of likely N-dealkylation sites (N-methyl/N-ethyl adjacent to an activating group) is 1. The van der Waals surface area contributed by atoms with Crippen molar-refractivity contribution in [3.63, 3.8) is 0 Å². The fraction of sp³-hybridized carbons (Fsp3) is 0.875. The van der Waals surface area contributed by atoms with Crippen molar-refractivity contribution in [1.29, 1.82) is 0 Å². The molecule has 0 aromatic carbocycles. The van der Waals surface area contributed by atoms with E-state index in [1.165, 1.54) is 0 Å². The zero-order valence-corrected chi connectivity index (χ0v) is 7.83. The van der Waals surface area contributed by atoms with Crippen LogP contribution < -0.4 is 5.32 Å². The van der Waals surface area contributed by atoms with E-state index < -0.39 is 0 Å². The molecular formula is C8H18N2O2. The lowest BCUT2D eigenvalue weighted by molar-refractivity contribution is 0.0660. The molecule has 1 atom stereocenters. The maximum absolute atomic E-state index is 11.0. The first-order valence-corrected chi connectivity index (χ1v) is 4.23. The second-order valence-corrected chi connectivity index (χ2v) is 3.41. The lowest BCUT2D eigenvalue weighted by atomic mass is 10.3. The summed E-state index contributed by atoms with van der Waals surface area (Å²) in [4.78, 5) is 12.6. The Morgan fingerprint density at radius 2 is 2.50 bits per heavy atom. The highest BCUT2D eigenvalue weighted by atomic mass is 16.5. The van der Waals surface area contributed by atoms with E-state index in [-0.39, 0.29) is 19.6 Å². The van der Waals surface area contributed by atoms with Crippen LogP contribution in [0.5, 0.6) is 0 Å². The molecule has 1 aliphatic heterocycles. The minimum absolute atomic E-state index is 0. The van der Waals surface area contributed by atoms with Gasteiger partial charge in [0.2, 0.25) is 0 Å². The molecule has 1 saturated heterocycles. The van der Waals surface area contributed by atoms with Gasteiger partial charge in [-0.1, -0.05) is 0 Å². The van der Waals surface area contributed by atoms with E-state index in [0.29, 0.717) is 6.61 Å². The number of ether oxygens (including phenoxy) is 1. The molecule has 1 fully saturated rings. The van der Waals surface area contributed by atoms with Crippen LogP contribution in [0.1, 0.15) is 15.3 Å². The molecule has 1 N–H and O–H groups in total. The number of hydrogen-bond acceptors (Lipinski definition) is 2. The van der Waals surface area contributed by atoms with E-state index in [9.17, 15) is 4.79 Å². The van der Waals surface area contributed by atoms with E-state index in [2.05, 4.69) is 5.32 Å². The second kappa shape index (κ2) is 3.76. The van der Waals surface area contributed by atoms with Crippen molar-refractivity contribution in [1.82, 2.24) is 10.2 Å². The van der Waals surface area contributed by atoms with E-state index in [4.69, 9.17) is 4.74 Å². The Labute approximate surface area is 74.4 Å². The first kappa shape index (κ1) is 9.32. The Kier molecular flexibility index (Phi) is 2.92. The molecule has 0 bridgehead atoms. The highest BCUT2D eigenvalue weighted by Gasteiger charge is 2.25. The maximum Gasteiger partial charge on any atom is 0.317 e. The van der Waals surface area contributed by atoms with Crippen molar-refractivity contribution in [3.8, 4) is 0 Å². The van der Waals surface area contributed by atoms with Crippen LogP contribution in [-0.2, 0) is 4.74 Å². The SMILES string of the molecule is CC(C)OC[C@@H]1CN(C)C(=O)N1.[HH]. The predicted molar refractivity (Wildman–Crippen MR) is 48.2 cm³/mol. The Morgan fingerprint density at radius 3 is 2.92 bits per heavy atom. The van der Waals surface area contributed by atoms with Gasteiger partial charge in [0.05, 0.1) is 18.8 Å². The van der Waals surface area contributed by atoms with E-state index in [1.54, 1.807) is 11.9 Å². The Hall–Kier alpha value is -0.770. The number of nitrogens with one attached hydrogen (secondary N) is 1. The van der Waals surface area contributed by atoms with Crippen LogP contribution in [0.25, 0.3) is 0 Å². The summed E-state index contributed by atoms with van der Waals surface area (Å²) in [6.07, 6.45) is 0.229. The molecule has 1 heterocycles. The largest absolute Gasteiger partial charge is 0.377 e. The van der Waals surface area contributed by atoms with Crippen LogP contribution in [0.4, 0.5) is 4.79 Å². The quantitative estimate of drug-likeness (QED) is 0.683. The van der Waals surface area contributed by atoms with Crippen LogP contribution in [0.3, 0.4) is 0 Å². The molecular weight excluding hydrogens is 156 g/mol. The lowest BCUT2D eigenvalue weighted by Crippen LogP contribution is -2.31. The van der Waals surface area contributed by atoms with Crippen molar-refractivity contribution in [2.24, 2.45) is 0 Å². The summed E-state index contributed by atoms with van der Waals surface area (Å²) in [6, 6.07) is 0.150. The third kappa shape index (κ3) is 2.37. The van der Waals surface area contributed by atoms with Crippen molar-refractivity contribution in [3.05, 3.63) is 0 Å². The Morgan fingerprint density at radius 1 is 1.83 bits per heavy atom. The monoisotopic (exact) mass is 174 g/mol. The smallest absolute Gasteiger partial charge is 0.317 e. The fourth-order valence-corrected chi connectivity index (χ4v) is 1.15. The number of rotatable bonds is 3. The third-order valence-electron chi connectivity index (χ3n) is 1.80. The second-order valence-electron chi connectivity index (χ2n) is 3.41. The standard InChI is InChI=1S/C8H16N2O2.H2/c1-6(2)12-5-7-4-10(3)8(11)9-7;/h6-7H,4-5H2,1-3H3,(H,9,11);1H/t7-;/m0./s1. The topological polar surface area (TPSA) is 41.6 Å². The highest BCUT2D eigenvalue weighted by molar-refractivity contribution is 5.76. The lowest BCUT2D eigenvalue weighted by Gasteiger charge is -2.12. The summed E-state index contributed by atoms with van der Waals surface area (Å²) < 4.78 is 5.38. The molecule has 0 radical (unpaired) electrons. The van der Waals surface area contributed by atoms with E-state index in [1.807, 2.05) is 13.8 Å². The van der Waals surface area contributed by atoms with Crippen molar-refractivity contribution < 1.29 is 11.0 Å². The fourth-order valence-electron chi connectivity index (χ4n) is 1.15. The van der Waals surface area contributed by atoms with E-state index in [0.717, 1.165) is 6.54 Å². The van der Waals surface area contributed by atoms with Gasteiger partial charge in [-0.05, 0) is 13.8 Å². The number of carbonyl (C=O) groups excluding carboxylic acids is 1. The van der Waals surface area contributed by atoms with Crippen molar-refractivity contribution in [2.45, 2.75) is 26.0 Å². The average molecular weight is 174 g/mol. The summed E-state index contributed by atoms with van der Waals surface area (Å²) in [7, 11) is 1.78. The van der Waals surface area contributed by atoms with Gasteiger partial charge in [-0.15, -0.1) is 0 Å². The minimum Gasteiger partial charge on any atom is -0.377 e.